The van der Waals surface area contributed by atoms with Crippen LogP contribution in [-0.4, -0.2) is 18.1 Å². The van der Waals surface area contributed by atoms with Gasteiger partial charge in [-0.25, -0.2) is 4.79 Å². The van der Waals surface area contributed by atoms with Crippen molar-refractivity contribution in [3.05, 3.63) is 59.8 Å². The Morgan fingerprint density at radius 3 is 2.55 bits per heavy atom. The van der Waals surface area contributed by atoms with Gasteiger partial charge in [0, 0.05) is 10.9 Å². The molecule has 1 aromatic heterocycles. The molecule has 1 N–H and O–H groups in total. The van der Waals surface area contributed by atoms with Gasteiger partial charge in [-0.1, -0.05) is 36.4 Å². The number of hydrogen-bond donors (Lipinski definition) is 1. The standard InChI is InChI=1S/C17H15NO2/c1-11-6-3-4-7-12(11)13-8-5-9-15-14(13)10-16(18-15)17(19)20-2/h3-10,18H,1-2H3. The number of hydrogen-bond acceptors (Lipinski definition) is 2. The van der Waals surface area contributed by atoms with Crippen molar-refractivity contribution < 1.29 is 9.53 Å². The molecule has 20 heavy (non-hydrogen) atoms. The summed E-state index contributed by atoms with van der Waals surface area (Å²) < 4.78 is 4.76. The molecule has 3 aromatic rings. The van der Waals surface area contributed by atoms with Gasteiger partial charge < -0.3 is 9.72 Å². The second-order valence-corrected chi connectivity index (χ2v) is 4.76. The highest BCUT2D eigenvalue weighted by Crippen LogP contribution is 2.31. The third-order valence-electron chi connectivity index (χ3n) is 3.50. The van der Waals surface area contributed by atoms with E-state index >= 15 is 0 Å². The highest BCUT2D eigenvalue weighted by Gasteiger charge is 2.13. The fraction of sp³-hybridized carbons (Fsp3) is 0.118. The van der Waals surface area contributed by atoms with Crippen molar-refractivity contribution in [1.82, 2.24) is 4.98 Å². The van der Waals surface area contributed by atoms with Crippen molar-refractivity contribution in [3.8, 4) is 11.1 Å². The van der Waals surface area contributed by atoms with E-state index in [0.29, 0.717) is 5.69 Å². The van der Waals surface area contributed by atoms with E-state index in [9.17, 15) is 4.79 Å². The Kier molecular flexibility index (Phi) is 3.03. The van der Waals surface area contributed by atoms with Crippen LogP contribution in [-0.2, 0) is 4.74 Å². The van der Waals surface area contributed by atoms with Gasteiger partial charge in [-0.15, -0.1) is 0 Å². The summed E-state index contributed by atoms with van der Waals surface area (Å²) in [4.78, 5) is 14.7. The highest BCUT2D eigenvalue weighted by atomic mass is 16.5. The van der Waals surface area contributed by atoms with E-state index in [2.05, 4.69) is 30.1 Å². The minimum atomic E-state index is -0.350. The fourth-order valence-electron chi connectivity index (χ4n) is 2.49. The number of esters is 1. The summed E-state index contributed by atoms with van der Waals surface area (Å²) in [5, 5.41) is 1.03. The number of H-pyrrole nitrogens is 1. The zero-order chi connectivity index (χ0) is 14.1. The van der Waals surface area contributed by atoms with Crippen LogP contribution in [0.5, 0.6) is 0 Å². The molecule has 0 aliphatic rings. The molecule has 0 aliphatic heterocycles. The number of aromatic nitrogens is 1. The fourth-order valence-corrected chi connectivity index (χ4v) is 2.49. The number of carbonyl (C=O) groups is 1. The van der Waals surface area contributed by atoms with Crippen LogP contribution in [0.25, 0.3) is 22.0 Å². The maximum Gasteiger partial charge on any atom is 0.354 e. The molecule has 0 aliphatic carbocycles. The van der Waals surface area contributed by atoms with Crippen LogP contribution in [0.3, 0.4) is 0 Å². The molecular weight excluding hydrogens is 250 g/mol. The summed E-state index contributed by atoms with van der Waals surface area (Å²) in [6.07, 6.45) is 0. The molecule has 0 unspecified atom stereocenters. The quantitative estimate of drug-likeness (QED) is 0.713. The van der Waals surface area contributed by atoms with E-state index in [4.69, 9.17) is 4.74 Å². The molecule has 0 atom stereocenters. The van der Waals surface area contributed by atoms with Gasteiger partial charge in [0.2, 0.25) is 0 Å². The number of rotatable bonds is 2. The van der Waals surface area contributed by atoms with Crippen molar-refractivity contribution in [2.45, 2.75) is 6.92 Å². The number of aromatic amines is 1. The van der Waals surface area contributed by atoms with Crippen molar-refractivity contribution in [2.75, 3.05) is 7.11 Å². The molecule has 0 spiro atoms. The van der Waals surface area contributed by atoms with Gasteiger partial charge in [0.25, 0.3) is 0 Å². The lowest BCUT2D eigenvalue weighted by Crippen LogP contribution is -2.00. The molecule has 100 valence electrons. The summed E-state index contributed by atoms with van der Waals surface area (Å²) in [6, 6.07) is 16.1. The van der Waals surface area contributed by atoms with E-state index in [1.807, 2.05) is 30.3 Å². The molecule has 0 amide bonds. The monoisotopic (exact) mass is 265 g/mol. The smallest absolute Gasteiger partial charge is 0.354 e. The van der Waals surface area contributed by atoms with Crippen LogP contribution in [0, 0.1) is 6.92 Å². The molecule has 0 fully saturated rings. The van der Waals surface area contributed by atoms with Gasteiger partial charge >= 0.3 is 5.97 Å². The molecular formula is C17H15NO2. The SMILES string of the molecule is COC(=O)c1cc2c(-c3ccccc3C)cccc2[nH]1. The Labute approximate surface area is 117 Å². The molecule has 0 bridgehead atoms. The zero-order valence-corrected chi connectivity index (χ0v) is 11.4. The number of aryl methyl sites for hydroxylation is 1. The van der Waals surface area contributed by atoms with Crippen LogP contribution in [0.2, 0.25) is 0 Å². The van der Waals surface area contributed by atoms with Crippen LogP contribution in [0.1, 0.15) is 16.1 Å². The van der Waals surface area contributed by atoms with Crippen LogP contribution in [0.15, 0.2) is 48.5 Å². The number of benzene rings is 2. The van der Waals surface area contributed by atoms with E-state index < -0.39 is 0 Å². The van der Waals surface area contributed by atoms with Crippen molar-refractivity contribution in [1.29, 1.82) is 0 Å². The first-order valence-corrected chi connectivity index (χ1v) is 6.47. The topological polar surface area (TPSA) is 42.1 Å². The van der Waals surface area contributed by atoms with Gasteiger partial charge in [-0.05, 0) is 35.7 Å². The number of carbonyl (C=O) groups excluding carboxylic acids is 1. The van der Waals surface area contributed by atoms with Crippen LogP contribution in [0.4, 0.5) is 0 Å². The molecule has 3 nitrogen and oxygen atoms in total. The molecule has 0 radical (unpaired) electrons. The van der Waals surface area contributed by atoms with E-state index in [1.54, 1.807) is 0 Å². The molecule has 3 rings (SSSR count). The predicted octanol–water partition coefficient (Wildman–Crippen LogP) is 3.93. The van der Waals surface area contributed by atoms with Gasteiger partial charge in [-0.2, -0.15) is 0 Å². The molecule has 3 heteroatoms. The first-order valence-electron chi connectivity index (χ1n) is 6.47. The minimum Gasteiger partial charge on any atom is -0.464 e. The van der Waals surface area contributed by atoms with Gasteiger partial charge in [0.15, 0.2) is 0 Å². The Morgan fingerprint density at radius 2 is 1.80 bits per heavy atom. The Balaban J connectivity index is 2.24. The minimum absolute atomic E-state index is 0.350. The first kappa shape index (κ1) is 12.5. The summed E-state index contributed by atoms with van der Waals surface area (Å²) >= 11 is 0. The van der Waals surface area contributed by atoms with E-state index in [-0.39, 0.29) is 5.97 Å². The lowest BCUT2D eigenvalue weighted by atomic mass is 9.98. The van der Waals surface area contributed by atoms with Gasteiger partial charge in [-0.3, -0.25) is 0 Å². The zero-order valence-electron chi connectivity index (χ0n) is 11.4. The maximum atomic E-state index is 11.6. The van der Waals surface area contributed by atoms with Crippen molar-refractivity contribution in [2.24, 2.45) is 0 Å². The molecule has 1 heterocycles. The molecule has 2 aromatic carbocycles. The van der Waals surface area contributed by atoms with Gasteiger partial charge in [0.05, 0.1) is 7.11 Å². The largest absolute Gasteiger partial charge is 0.464 e. The van der Waals surface area contributed by atoms with Crippen molar-refractivity contribution in [3.63, 3.8) is 0 Å². The number of fused-ring (bicyclic) bond motifs is 1. The van der Waals surface area contributed by atoms with Gasteiger partial charge in [0.1, 0.15) is 5.69 Å². The summed E-state index contributed by atoms with van der Waals surface area (Å²) in [5.41, 5.74) is 4.91. The van der Waals surface area contributed by atoms with Crippen LogP contribution < -0.4 is 0 Å². The number of ether oxygens (including phenoxy) is 1. The summed E-state index contributed by atoms with van der Waals surface area (Å²) in [7, 11) is 1.39. The lowest BCUT2D eigenvalue weighted by Gasteiger charge is -2.06. The summed E-state index contributed by atoms with van der Waals surface area (Å²) in [5.74, 6) is -0.350. The molecule has 0 saturated heterocycles. The number of methoxy groups -OCH3 is 1. The average Bonchev–Trinajstić information content (AvgIpc) is 2.91. The number of nitrogens with one attached hydrogen (secondary N) is 1. The Morgan fingerprint density at radius 1 is 1.05 bits per heavy atom. The van der Waals surface area contributed by atoms with Crippen molar-refractivity contribution >= 4 is 16.9 Å². The predicted molar refractivity (Wildman–Crippen MR) is 79.8 cm³/mol. The normalized spacial score (nSPS) is 10.7. The Bertz CT molecular complexity index is 787. The first-order chi connectivity index (χ1) is 9.70. The second kappa shape index (κ2) is 4.85. The Hall–Kier alpha value is -2.55. The summed E-state index contributed by atoms with van der Waals surface area (Å²) in [6.45, 7) is 2.09. The third-order valence-corrected chi connectivity index (χ3v) is 3.50. The highest BCUT2D eigenvalue weighted by molar-refractivity contribution is 6.01. The maximum absolute atomic E-state index is 11.6. The lowest BCUT2D eigenvalue weighted by molar-refractivity contribution is 0.0595. The third kappa shape index (κ3) is 1.97. The second-order valence-electron chi connectivity index (χ2n) is 4.76. The molecule has 0 saturated carbocycles. The average molecular weight is 265 g/mol. The van der Waals surface area contributed by atoms with E-state index in [0.717, 1.165) is 16.5 Å². The van der Waals surface area contributed by atoms with Crippen LogP contribution >= 0.6 is 0 Å². The van der Waals surface area contributed by atoms with E-state index in [1.165, 1.54) is 18.2 Å².